The van der Waals surface area contributed by atoms with E-state index in [0.29, 0.717) is 35.8 Å². The van der Waals surface area contributed by atoms with E-state index in [1.165, 1.54) is 31.2 Å². The molecule has 3 aromatic carbocycles. The number of nitrogens with one attached hydrogen (secondary N) is 1. The number of hydrogen-bond donors (Lipinski definition) is 1. The van der Waals surface area contributed by atoms with E-state index in [1.54, 1.807) is 40.7 Å². The Hall–Kier alpha value is -3.95. The monoisotopic (exact) mass is 548 g/mol. The van der Waals surface area contributed by atoms with E-state index in [4.69, 9.17) is 9.47 Å². The Morgan fingerprint density at radius 1 is 0.846 bits per heavy atom. The fourth-order valence-corrected chi connectivity index (χ4v) is 5.61. The molecule has 0 aromatic heterocycles. The smallest absolute Gasteiger partial charge is 0.331 e. The summed E-state index contributed by atoms with van der Waals surface area (Å²) >= 11 is 0. The molecule has 3 aromatic rings. The molecule has 0 aliphatic carbocycles. The molecule has 0 radical (unpaired) electrons. The van der Waals surface area contributed by atoms with E-state index in [2.05, 4.69) is 5.32 Å². The summed E-state index contributed by atoms with van der Waals surface area (Å²) in [6, 6.07) is 22.5. The molecule has 1 amide bonds. The van der Waals surface area contributed by atoms with Gasteiger partial charge in [0.25, 0.3) is 5.91 Å². The number of benzene rings is 3. The van der Waals surface area contributed by atoms with Crippen LogP contribution in [0.15, 0.2) is 89.8 Å². The van der Waals surface area contributed by atoms with Crippen molar-refractivity contribution in [2.45, 2.75) is 43.6 Å². The number of amides is 1. The SMILES string of the molecule is CC(OC(=O)C=Cc1ccc(S(=O)(=O)N2CCCCCC2)cc1)C(=O)Nc1ccc(Oc2ccccc2)cc1. The second kappa shape index (κ2) is 13.2. The van der Waals surface area contributed by atoms with Gasteiger partial charge < -0.3 is 14.8 Å². The van der Waals surface area contributed by atoms with Gasteiger partial charge in [0.15, 0.2) is 6.10 Å². The third-order valence-corrected chi connectivity index (χ3v) is 8.17. The average Bonchev–Trinajstić information content (AvgIpc) is 3.24. The van der Waals surface area contributed by atoms with E-state index >= 15 is 0 Å². The molecule has 1 atom stereocenters. The zero-order valence-corrected chi connectivity index (χ0v) is 22.6. The molecule has 1 heterocycles. The minimum absolute atomic E-state index is 0.231. The van der Waals surface area contributed by atoms with Crippen LogP contribution >= 0.6 is 0 Å². The molecule has 8 nitrogen and oxygen atoms in total. The van der Waals surface area contributed by atoms with Gasteiger partial charge in [0.05, 0.1) is 4.90 Å². The van der Waals surface area contributed by atoms with E-state index in [1.807, 2.05) is 30.3 Å². The quantitative estimate of drug-likeness (QED) is 0.275. The summed E-state index contributed by atoms with van der Waals surface area (Å²) in [6.07, 6.45) is 5.53. The second-order valence-corrected chi connectivity index (χ2v) is 11.2. The first-order chi connectivity index (χ1) is 18.8. The Morgan fingerprint density at radius 3 is 2.10 bits per heavy atom. The van der Waals surface area contributed by atoms with Crippen molar-refractivity contribution in [1.29, 1.82) is 0 Å². The summed E-state index contributed by atoms with van der Waals surface area (Å²) in [7, 11) is -3.54. The summed E-state index contributed by atoms with van der Waals surface area (Å²) in [5.74, 6) is 0.162. The van der Waals surface area contributed by atoms with Crippen LogP contribution < -0.4 is 10.1 Å². The number of hydrogen-bond acceptors (Lipinski definition) is 6. The molecule has 1 unspecified atom stereocenters. The van der Waals surface area contributed by atoms with Crippen molar-refractivity contribution in [3.8, 4) is 11.5 Å². The number of esters is 1. The van der Waals surface area contributed by atoms with Crippen molar-refractivity contribution in [2.75, 3.05) is 18.4 Å². The van der Waals surface area contributed by atoms with Crippen LogP contribution in [0, 0.1) is 0 Å². The predicted octanol–water partition coefficient (Wildman–Crippen LogP) is 5.63. The van der Waals surface area contributed by atoms with Gasteiger partial charge in [-0.15, -0.1) is 0 Å². The largest absolute Gasteiger partial charge is 0.457 e. The van der Waals surface area contributed by atoms with Crippen molar-refractivity contribution >= 4 is 33.7 Å². The lowest BCUT2D eigenvalue weighted by atomic mass is 10.2. The first kappa shape index (κ1) is 28.1. The second-order valence-electron chi connectivity index (χ2n) is 9.23. The minimum atomic E-state index is -3.54. The van der Waals surface area contributed by atoms with Gasteiger partial charge in [-0.3, -0.25) is 4.79 Å². The molecule has 204 valence electrons. The van der Waals surface area contributed by atoms with Gasteiger partial charge >= 0.3 is 5.97 Å². The fourth-order valence-electron chi connectivity index (χ4n) is 4.09. The maximum Gasteiger partial charge on any atom is 0.331 e. The Balaban J connectivity index is 1.26. The van der Waals surface area contributed by atoms with Crippen LogP contribution in [0.25, 0.3) is 6.08 Å². The van der Waals surface area contributed by atoms with Gasteiger partial charge in [-0.2, -0.15) is 4.31 Å². The van der Waals surface area contributed by atoms with Gasteiger partial charge in [-0.05, 0) is 79.9 Å². The molecule has 4 rings (SSSR count). The van der Waals surface area contributed by atoms with Gasteiger partial charge in [-0.25, -0.2) is 13.2 Å². The number of nitrogens with zero attached hydrogens (tertiary/aromatic N) is 1. The van der Waals surface area contributed by atoms with Crippen LogP contribution in [0.1, 0.15) is 38.2 Å². The van der Waals surface area contributed by atoms with E-state index in [0.717, 1.165) is 25.7 Å². The molecule has 1 aliphatic heterocycles. The van der Waals surface area contributed by atoms with E-state index < -0.39 is 28.0 Å². The number of ether oxygens (including phenoxy) is 2. The number of carbonyl (C=O) groups excluding carboxylic acids is 2. The predicted molar refractivity (Wildman–Crippen MR) is 150 cm³/mol. The fraction of sp³-hybridized carbons (Fsp3) is 0.267. The van der Waals surface area contributed by atoms with Crippen molar-refractivity contribution in [2.24, 2.45) is 0 Å². The highest BCUT2D eigenvalue weighted by molar-refractivity contribution is 7.89. The number of anilines is 1. The molecular formula is C30H32N2O6S. The molecular weight excluding hydrogens is 516 g/mol. The Kier molecular flexibility index (Phi) is 9.51. The highest BCUT2D eigenvalue weighted by Gasteiger charge is 2.24. The van der Waals surface area contributed by atoms with E-state index in [9.17, 15) is 18.0 Å². The van der Waals surface area contributed by atoms with Crippen molar-refractivity contribution in [1.82, 2.24) is 4.31 Å². The Morgan fingerprint density at radius 2 is 1.46 bits per heavy atom. The molecule has 0 spiro atoms. The Bertz CT molecular complexity index is 1380. The maximum absolute atomic E-state index is 12.9. The number of sulfonamides is 1. The van der Waals surface area contributed by atoms with Crippen LogP contribution in [0.5, 0.6) is 11.5 Å². The molecule has 1 N–H and O–H groups in total. The lowest BCUT2D eigenvalue weighted by Crippen LogP contribution is -2.31. The van der Waals surface area contributed by atoms with Crippen LogP contribution in [0.2, 0.25) is 0 Å². The van der Waals surface area contributed by atoms with Crippen molar-refractivity contribution in [3.05, 3.63) is 90.5 Å². The topological polar surface area (TPSA) is 102 Å². The van der Waals surface area contributed by atoms with Crippen LogP contribution in [0.4, 0.5) is 5.69 Å². The molecule has 0 bridgehead atoms. The van der Waals surface area contributed by atoms with Crippen LogP contribution in [0.3, 0.4) is 0 Å². The normalized spacial score (nSPS) is 15.3. The molecule has 1 saturated heterocycles. The summed E-state index contributed by atoms with van der Waals surface area (Å²) in [5, 5.41) is 2.71. The highest BCUT2D eigenvalue weighted by atomic mass is 32.2. The molecule has 39 heavy (non-hydrogen) atoms. The van der Waals surface area contributed by atoms with Crippen LogP contribution in [-0.4, -0.2) is 43.8 Å². The first-order valence-corrected chi connectivity index (χ1v) is 14.4. The number of rotatable bonds is 9. The minimum Gasteiger partial charge on any atom is -0.457 e. The molecule has 1 fully saturated rings. The summed E-state index contributed by atoms with van der Waals surface area (Å²) in [5.41, 5.74) is 1.17. The zero-order chi connectivity index (χ0) is 27.7. The van der Waals surface area contributed by atoms with E-state index in [-0.39, 0.29) is 4.90 Å². The Labute approximate surface area is 229 Å². The molecule has 9 heteroatoms. The van der Waals surface area contributed by atoms with Gasteiger partial charge in [0.2, 0.25) is 10.0 Å². The summed E-state index contributed by atoms with van der Waals surface area (Å²) in [4.78, 5) is 25.0. The van der Waals surface area contributed by atoms with Crippen molar-refractivity contribution < 1.29 is 27.5 Å². The van der Waals surface area contributed by atoms with Crippen LogP contribution in [-0.2, 0) is 24.3 Å². The lowest BCUT2D eigenvalue weighted by Gasteiger charge is -2.19. The van der Waals surface area contributed by atoms with Gasteiger partial charge in [0.1, 0.15) is 11.5 Å². The van der Waals surface area contributed by atoms with Gasteiger partial charge in [0, 0.05) is 24.9 Å². The average molecular weight is 549 g/mol. The summed E-state index contributed by atoms with van der Waals surface area (Å²) in [6.45, 7) is 2.56. The lowest BCUT2D eigenvalue weighted by molar-refractivity contribution is -0.148. The number of carbonyl (C=O) groups is 2. The third kappa shape index (κ3) is 8.02. The third-order valence-electron chi connectivity index (χ3n) is 6.26. The number of para-hydroxylation sites is 1. The highest BCUT2D eigenvalue weighted by Crippen LogP contribution is 2.23. The van der Waals surface area contributed by atoms with Gasteiger partial charge in [-0.1, -0.05) is 43.2 Å². The first-order valence-electron chi connectivity index (χ1n) is 12.9. The standard InChI is InChI=1S/C30H32N2O6S/c1-23(30(34)31-25-14-16-27(17-15-25)38-26-9-5-4-6-10-26)37-29(33)20-13-24-11-18-28(19-12-24)39(35,36)32-21-7-2-3-8-22-32/h4-6,9-20,23H,2-3,7-8,21-22H2,1H3,(H,31,34). The molecule has 1 aliphatic rings. The van der Waals surface area contributed by atoms with Crippen molar-refractivity contribution in [3.63, 3.8) is 0 Å². The zero-order valence-electron chi connectivity index (χ0n) is 21.8. The summed E-state index contributed by atoms with van der Waals surface area (Å²) < 4.78 is 38.3. The maximum atomic E-state index is 12.9. The molecule has 0 saturated carbocycles.